The average Bonchev–Trinajstić information content (AvgIpc) is 2.44. The lowest BCUT2D eigenvalue weighted by Crippen LogP contribution is -2.09. The third-order valence-corrected chi connectivity index (χ3v) is 2.72. The minimum absolute atomic E-state index is 0.429. The number of ether oxygens (including phenoxy) is 2. The smallest absolute Gasteiger partial charge is 0.138 e. The van der Waals surface area contributed by atoms with Crippen LogP contribution in [0.3, 0.4) is 0 Å². The molecule has 4 nitrogen and oxygen atoms in total. The number of hydrogen-bond donors (Lipinski definition) is 0. The van der Waals surface area contributed by atoms with Gasteiger partial charge < -0.3 is 9.47 Å². The zero-order chi connectivity index (χ0) is 13.5. The fourth-order valence-electron chi connectivity index (χ4n) is 1.42. The van der Waals surface area contributed by atoms with Gasteiger partial charge in [0.15, 0.2) is 0 Å². The Labute approximate surface area is 119 Å². The van der Waals surface area contributed by atoms with Gasteiger partial charge in [-0.3, -0.25) is 4.98 Å². The fourth-order valence-corrected chi connectivity index (χ4v) is 1.76. The Morgan fingerprint density at radius 1 is 1.05 bits per heavy atom. The lowest BCUT2D eigenvalue weighted by Gasteiger charge is -2.08. The third kappa shape index (κ3) is 4.27. The van der Waals surface area contributed by atoms with Crippen molar-refractivity contribution in [1.29, 1.82) is 5.26 Å². The van der Waals surface area contributed by atoms with Gasteiger partial charge in [0.2, 0.25) is 0 Å². The molecule has 1 aromatic heterocycles. The van der Waals surface area contributed by atoms with Crippen molar-refractivity contribution in [1.82, 2.24) is 4.98 Å². The average molecular weight is 319 g/mol. The molecule has 0 aliphatic carbocycles. The predicted molar refractivity (Wildman–Crippen MR) is 74.1 cm³/mol. The molecule has 0 amide bonds. The first-order valence-corrected chi connectivity index (χ1v) is 6.43. The molecule has 0 saturated carbocycles. The van der Waals surface area contributed by atoms with E-state index < -0.39 is 0 Å². The number of hydrogen-bond acceptors (Lipinski definition) is 4. The number of nitriles is 1. The molecule has 0 bridgehead atoms. The molecule has 0 atom stereocenters. The van der Waals surface area contributed by atoms with Crippen LogP contribution in [0.2, 0.25) is 0 Å². The summed E-state index contributed by atoms with van der Waals surface area (Å²) in [5, 5.41) is 8.67. The van der Waals surface area contributed by atoms with Crippen molar-refractivity contribution in [2.24, 2.45) is 0 Å². The molecule has 2 rings (SSSR count). The van der Waals surface area contributed by atoms with Crippen LogP contribution >= 0.6 is 15.9 Å². The quantitative estimate of drug-likeness (QED) is 0.794. The molecule has 19 heavy (non-hydrogen) atoms. The summed E-state index contributed by atoms with van der Waals surface area (Å²) < 4.78 is 11.8. The van der Waals surface area contributed by atoms with E-state index in [0.717, 1.165) is 10.2 Å². The van der Waals surface area contributed by atoms with E-state index in [9.17, 15) is 0 Å². The topological polar surface area (TPSA) is 55.1 Å². The summed E-state index contributed by atoms with van der Waals surface area (Å²) in [6.07, 6.45) is 3.34. The molecule has 1 heterocycles. The Balaban J connectivity index is 1.76. The minimum atomic E-state index is 0.429. The van der Waals surface area contributed by atoms with Crippen molar-refractivity contribution < 1.29 is 9.47 Å². The summed E-state index contributed by atoms with van der Waals surface area (Å²) >= 11 is 3.32. The molecule has 0 N–H and O–H groups in total. The number of aromatic nitrogens is 1. The summed E-state index contributed by atoms with van der Waals surface area (Å²) in [5.74, 6) is 1.41. The van der Waals surface area contributed by atoms with Crippen molar-refractivity contribution in [2.45, 2.75) is 0 Å². The molecule has 0 unspecified atom stereocenters. The molecule has 0 spiro atoms. The molecule has 0 radical (unpaired) electrons. The molecule has 1 aromatic carbocycles. The number of rotatable bonds is 5. The number of benzene rings is 1. The van der Waals surface area contributed by atoms with Crippen LogP contribution in [0.15, 0.2) is 47.2 Å². The van der Waals surface area contributed by atoms with E-state index in [4.69, 9.17) is 14.7 Å². The molecule has 0 aliphatic heterocycles. The van der Waals surface area contributed by atoms with Gasteiger partial charge in [0.1, 0.15) is 24.7 Å². The van der Waals surface area contributed by atoms with Crippen LogP contribution in [0.4, 0.5) is 0 Å². The molecule has 0 aliphatic rings. The van der Waals surface area contributed by atoms with Crippen LogP contribution in [-0.2, 0) is 0 Å². The van der Waals surface area contributed by atoms with Gasteiger partial charge >= 0.3 is 0 Å². The van der Waals surface area contributed by atoms with E-state index in [0.29, 0.717) is 24.5 Å². The summed E-state index contributed by atoms with van der Waals surface area (Å²) in [4.78, 5) is 4.00. The molecule has 0 saturated heterocycles. The highest BCUT2D eigenvalue weighted by molar-refractivity contribution is 9.10. The maximum atomic E-state index is 8.67. The van der Waals surface area contributed by atoms with Gasteiger partial charge in [-0.05, 0) is 46.3 Å². The van der Waals surface area contributed by atoms with Crippen molar-refractivity contribution in [3.63, 3.8) is 0 Å². The molecule has 2 aromatic rings. The summed E-state index contributed by atoms with van der Waals surface area (Å²) in [6, 6.07) is 10.9. The number of pyridine rings is 1. The minimum Gasteiger partial charge on any atom is -0.490 e. The van der Waals surface area contributed by atoms with Crippen LogP contribution in [0.1, 0.15) is 5.56 Å². The van der Waals surface area contributed by atoms with Gasteiger partial charge in [-0.25, -0.2) is 0 Å². The van der Waals surface area contributed by atoms with E-state index in [2.05, 4.69) is 27.0 Å². The maximum Gasteiger partial charge on any atom is 0.138 e. The predicted octanol–water partition coefficient (Wildman–Crippen LogP) is 3.17. The lowest BCUT2D eigenvalue weighted by molar-refractivity contribution is 0.216. The summed E-state index contributed by atoms with van der Waals surface area (Å²) in [6.45, 7) is 0.858. The Kier molecular flexibility index (Phi) is 4.76. The highest BCUT2D eigenvalue weighted by Crippen LogP contribution is 2.16. The van der Waals surface area contributed by atoms with Gasteiger partial charge in [0, 0.05) is 10.7 Å². The monoisotopic (exact) mass is 318 g/mol. The Morgan fingerprint density at radius 3 is 2.37 bits per heavy atom. The van der Waals surface area contributed by atoms with Crippen LogP contribution in [0, 0.1) is 11.3 Å². The van der Waals surface area contributed by atoms with Gasteiger partial charge in [0.25, 0.3) is 0 Å². The molecule has 5 heteroatoms. The van der Waals surface area contributed by atoms with Crippen molar-refractivity contribution in [3.05, 3.63) is 52.8 Å². The largest absolute Gasteiger partial charge is 0.490 e. The van der Waals surface area contributed by atoms with Crippen molar-refractivity contribution in [2.75, 3.05) is 13.2 Å². The molecule has 0 fully saturated rings. The summed E-state index contributed by atoms with van der Waals surface area (Å²) in [7, 11) is 0. The fraction of sp³-hybridized carbons (Fsp3) is 0.143. The van der Waals surface area contributed by atoms with Gasteiger partial charge in [-0.15, -0.1) is 0 Å². The van der Waals surface area contributed by atoms with Crippen LogP contribution in [0.5, 0.6) is 11.5 Å². The highest BCUT2D eigenvalue weighted by atomic mass is 79.9. The lowest BCUT2D eigenvalue weighted by atomic mass is 10.2. The van der Waals surface area contributed by atoms with E-state index in [1.54, 1.807) is 36.7 Å². The first-order valence-electron chi connectivity index (χ1n) is 5.64. The maximum absolute atomic E-state index is 8.67. The second kappa shape index (κ2) is 6.76. The van der Waals surface area contributed by atoms with Crippen molar-refractivity contribution >= 4 is 15.9 Å². The Hall–Kier alpha value is -2.06. The normalized spacial score (nSPS) is 9.68. The SMILES string of the molecule is N#Cc1ccc(OCCOc2cncc(Br)c2)cc1. The van der Waals surface area contributed by atoms with E-state index >= 15 is 0 Å². The Morgan fingerprint density at radius 2 is 1.74 bits per heavy atom. The van der Waals surface area contributed by atoms with E-state index in [1.807, 2.05) is 6.07 Å². The summed E-state index contributed by atoms with van der Waals surface area (Å²) in [5.41, 5.74) is 0.615. The standard InChI is InChI=1S/C14H11BrN2O2/c15-12-7-14(10-17-9-12)19-6-5-18-13-3-1-11(8-16)2-4-13/h1-4,7,9-10H,5-6H2. The van der Waals surface area contributed by atoms with Crippen LogP contribution in [-0.4, -0.2) is 18.2 Å². The second-order valence-electron chi connectivity index (χ2n) is 3.67. The number of halogens is 1. The number of nitrogens with zero attached hydrogens (tertiary/aromatic N) is 2. The van der Waals surface area contributed by atoms with Gasteiger partial charge in [-0.1, -0.05) is 0 Å². The van der Waals surface area contributed by atoms with Crippen molar-refractivity contribution in [3.8, 4) is 17.6 Å². The highest BCUT2D eigenvalue weighted by Gasteiger charge is 1.97. The van der Waals surface area contributed by atoms with Crippen LogP contribution in [0.25, 0.3) is 0 Å². The zero-order valence-corrected chi connectivity index (χ0v) is 11.6. The molecular formula is C14H11BrN2O2. The zero-order valence-electron chi connectivity index (χ0n) is 10.0. The van der Waals surface area contributed by atoms with E-state index in [-0.39, 0.29) is 0 Å². The third-order valence-electron chi connectivity index (χ3n) is 2.28. The molecule has 96 valence electrons. The Bertz CT molecular complexity index is 579. The first kappa shape index (κ1) is 13.4. The first-order chi connectivity index (χ1) is 9.28. The van der Waals surface area contributed by atoms with Gasteiger partial charge in [0.05, 0.1) is 17.8 Å². The van der Waals surface area contributed by atoms with E-state index in [1.165, 1.54) is 0 Å². The second-order valence-corrected chi connectivity index (χ2v) is 4.59. The van der Waals surface area contributed by atoms with Crippen LogP contribution < -0.4 is 9.47 Å². The molecular weight excluding hydrogens is 308 g/mol. The van der Waals surface area contributed by atoms with Gasteiger partial charge in [-0.2, -0.15) is 5.26 Å².